The summed E-state index contributed by atoms with van der Waals surface area (Å²) in [5.74, 6) is -1.84. The molecule has 3 amide bonds. The second-order valence-electron chi connectivity index (χ2n) is 8.47. The van der Waals surface area contributed by atoms with Gasteiger partial charge in [-0.1, -0.05) is 30.1 Å². The Bertz CT molecular complexity index is 1050. The average molecular weight is 449 g/mol. The molecule has 11 heteroatoms. The minimum Gasteiger partial charge on any atom is -0.333 e. The summed E-state index contributed by atoms with van der Waals surface area (Å²) < 4.78 is 42.6. The Hall–Kier alpha value is -3.11. The minimum atomic E-state index is -4.73. The summed E-state index contributed by atoms with van der Waals surface area (Å²) in [7, 11) is 0. The van der Waals surface area contributed by atoms with Crippen LogP contribution in [0.15, 0.2) is 22.7 Å². The summed E-state index contributed by atoms with van der Waals surface area (Å²) in [6.45, 7) is 1.91. The molecule has 2 atom stereocenters. The number of benzene rings is 1. The molecule has 1 saturated heterocycles. The molecule has 8 nitrogen and oxygen atoms in total. The number of likely N-dealkylation sites (tertiary alicyclic amines) is 1. The first-order valence-electron chi connectivity index (χ1n) is 10.7. The molecule has 0 bridgehead atoms. The number of rotatable bonds is 3. The Balaban J connectivity index is 1.35. The van der Waals surface area contributed by atoms with E-state index >= 15 is 0 Å². The lowest BCUT2D eigenvalue weighted by molar-refractivity contribution is -0.159. The van der Waals surface area contributed by atoms with Gasteiger partial charge in [0, 0.05) is 30.8 Å². The number of nitrogens with one attached hydrogen (secondary N) is 1. The molecule has 1 aromatic carbocycles. The first-order chi connectivity index (χ1) is 15.3. The van der Waals surface area contributed by atoms with Crippen molar-refractivity contribution in [3.63, 3.8) is 0 Å². The fourth-order valence-corrected chi connectivity index (χ4v) is 4.61. The average Bonchev–Trinajstić information content (AvgIpc) is 3.32. The van der Waals surface area contributed by atoms with E-state index in [-0.39, 0.29) is 35.4 Å². The molecule has 0 radical (unpaired) electrons. The Morgan fingerprint density at radius 2 is 1.94 bits per heavy atom. The summed E-state index contributed by atoms with van der Waals surface area (Å²) in [5.41, 5.74) is 1.49. The SMILES string of the molecule is O=C(N[C@@H]1CCCC[C@H]1N1Cc2ccc(-c3noc(C(F)(F)F)n3)cc2C1=O)N1CCC1. The Morgan fingerprint density at radius 3 is 2.62 bits per heavy atom. The summed E-state index contributed by atoms with van der Waals surface area (Å²) >= 11 is 0. The van der Waals surface area contributed by atoms with Crippen molar-refractivity contribution in [2.24, 2.45) is 0 Å². The molecule has 1 aliphatic carbocycles. The highest BCUT2D eigenvalue weighted by Gasteiger charge is 2.40. The van der Waals surface area contributed by atoms with Crippen LogP contribution in [0.3, 0.4) is 0 Å². The highest BCUT2D eigenvalue weighted by atomic mass is 19.4. The van der Waals surface area contributed by atoms with E-state index in [9.17, 15) is 22.8 Å². The highest BCUT2D eigenvalue weighted by Crippen LogP contribution is 2.34. The van der Waals surface area contributed by atoms with Gasteiger partial charge in [-0.05, 0) is 30.9 Å². The molecule has 1 saturated carbocycles. The van der Waals surface area contributed by atoms with Gasteiger partial charge in [0.05, 0.1) is 12.1 Å². The topological polar surface area (TPSA) is 91.6 Å². The third-order valence-corrected chi connectivity index (χ3v) is 6.45. The van der Waals surface area contributed by atoms with Crippen LogP contribution in [-0.4, -0.2) is 57.1 Å². The molecule has 3 aliphatic rings. The van der Waals surface area contributed by atoms with Crippen LogP contribution in [0.1, 0.15) is 53.9 Å². The zero-order valence-corrected chi connectivity index (χ0v) is 17.2. The van der Waals surface area contributed by atoms with E-state index in [1.54, 1.807) is 21.9 Å². The zero-order chi connectivity index (χ0) is 22.5. The van der Waals surface area contributed by atoms with E-state index in [1.165, 1.54) is 6.07 Å². The monoisotopic (exact) mass is 449 g/mol. The van der Waals surface area contributed by atoms with Crippen LogP contribution in [0.2, 0.25) is 0 Å². The number of urea groups is 1. The number of hydrogen-bond donors (Lipinski definition) is 1. The normalized spacial score (nSPS) is 23.2. The maximum absolute atomic E-state index is 13.2. The van der Waals surface area contributed by atoms with Crippen molar-refractivity contribution in [1.82, 2.24) is 25.3 Å². The van der Waals surface area contributed by atoms with Gasteiger partial charge in [-0.15, -0.1) is 0 Å². The summed E-state index contributed by atoms with van der Waals surface area (Å²) in [6, 6.07) is 4.48. The van der Waals surface area contributed by atoms with E-state index in [0.717, 1.165) is 50.8 Å². The van der Waals surface area contributed by atoms with Gasteiger partial charge in [-0.3, -0.25) is 4.79 Å². The number of carbonyl (C=O) groups excluding carboxylic acids is 2. The van der Waals surface area contributed by atoms with Crippen molar-refractivity contribution < 1.29 is 27.3 Å². The van der Waals surface area contributed by atoms with Gasteiger partial charge < -0.3 is 19.6 Å². The molecule has 170 valence electrons. The van der Waals surface area contributed by atoms with E-state index < -0.39 is 12.1 Å². The molecule has 3 heterocycles. The van der Waals surface area contributed by atoms with Gasteiger partial charge >= 0.3 is 18.1 Å². The summed E-state index contributed by atoms with van der Waals surface area (Å²) in [5, 5.41) is 6.51. The largest absolute Gasteiger partial charge is 0.471 e. The fraction of sp³-hybridized carbons (Fsp3) is 0.524. The lowest BCUT2D eigenvalue weighted by atomic mass is 9.89. The van der Waals surface area contributed by atoms with Gasteiger partial charge in [0.15, 0.2) is 0 Å². The van der Waals surface area contributed by atoms with Gasteiger partial charge in [-0.25, -0.2) is 4.79 Å². The van der Waals surface area contributed by atoms with Crippen LogP contribution in [-0.2, 0) is 12.7 Å². The number of hydrogen-bond acceptors (Lipinski definition) is 5. The van der Waals surface area contributed by atoms with Crippen LogP contribution < -0.4 is 5.32 Å². The summed E-state index contributed by atoms with van der Waals surface area (Å²) in [4.78, 5) is 32.6. The molecule has 1 aromatic heterocycles. The molecular formula is C21H22F3N5O3. The van der Waals surface area contributed by atoms with Crippen LogP contribution >= 0.6 is 0 Å². The molecule has 2 aromatic rings. The van der Waals surface area contributed by atoms with Crippen molar-refractivity contribution in [2.45, 2.75) is 56.9 Å². The van der Waals surface area contributed by atoms with Crippen molar-refractivity contribution in [3.05, 3.63) is 35.2 Å². The molecule has 32 heavy (non-hydrogen) atoms. The van der Waals surface area contributed by atoms with Crippen LogP contribution in [0.5, 0.6) is 0 Å². The Kier molecular flexibility index (Phi) is 5.06. The highest BCUT2D eigenvalue weighted by molar-refractivity contribution is 5.99. The predicted molar refractivity (Wildman–Crippen MR) is 105 cm³/mol. The van der Waals surface area contributed by atoms with Crippen LogP contribution in [0.4, 0.5) is 18.0 Å². The minimum absolute atomic E-state index is 0.0860. The number of halogens is 3. The van der Waals surface area contributed by atoms with Crippen LogP contribution in [0, 0.1) is 0 Å². The van der Waals surface area contributed by atoms with Crippen LogP contribution in [0.25, 0.3) is 11.4 Å². The first-order valence-corrected chi connectivity index (χ1v) is 10.7. The number of fused-ring (bicyclic) bond motifs is 1. The smallest absolute Gasteiger partial charge is 0.333 e. The quantitative estimate of drug-likeness (QED) is 0.775. The predicted octanol–water partition coefficient (Wildman–Crippen LogP) is 3.44. The lowest BCUT2D eigenvalue weighted by Gasteiger charge is -2.40. The molecule has 0 spiro atoms. The van der Waals surface area contributed by atoms with Crippen molar-refractivity contribution >= 4 is 11.9 Å². The van der Waals surface area contributed by atoms with Crippen molar-refractivity contribution in [1.29, 1.82) is 0 Å². The number of amides is 3. The molecule has 2 aliphatic heterocycles. The van der Waals surface area contributed by atoms with E-state index in [1.807, 2.05) is 0 Å². The van der Waals surface area contributed by atoms with E-state index in [2.05, 4.69) is 20.0 Å². The summed E-state index contributed by atoms with van der Waals surface area (Å²) in [6.07, 6.45) is -0.176. The number of aromatic nitrogens is 2. The Labute approximate surface area is 181 Å². The fourth-order valence-electron chi connectivity index (χ4n) is 4.61. The number of nitrogens with zero attached hydrogens (tertiary/aromatic N) is 4. The zero-order valence-electron chi connectivity index (χ0n) is 17.2. The second-order valence-corrected chi connectivity index (χ2v) is 8.47. The van der Waals surface area contributed by atoms with E-state index in [0.29, 0.717) is 12.1 Å². The van der Waals surface area contributed by atoms with Gasteiger partial charge in [-0.2, -0.15) is 18.2 Å². The third kappa shape index (κ3) is 3.69. The maximum atomic E-state index is 13.2. The van der Waals surface area contributed by atoms with Crippen molar-refractivity contribution in [2.75, 3.05) is 13.1 Å². The first kappa shape index (κ1) is 20.8. The second kappa shape index (κ2) is 7.79. The Morgan fingerprint density at radius 1 is 1.16 bits per heavy atom. The molecule has 0 unspecified atom stereocenters. The van der Waals surface area contributed by atoms with Gasteiger partial charge in [0.25, 0.3) is 5.91 Å². The maximum Gasteiger partial charge on any atom is 0.471 e. The molecular weight excluding hydrogens is 427 g/mol. The van der Waals surface area contributed by atoms with Gasteiger partial charge in [0.2, 0.25) is 5.82 Å². The molecule has 1 N–H and O–H groups in total. The standard InChI is InChI=1S/C21H22F3N5O3/c22-21(23,24)19-26-17(27-32-19)12-6-7-13-11-29(18(30)14(13)10-12)16-5-2-1-4-15(16)25-20(31)28-8-3-9-28/h6-7,10,15-16H,1-5,8-9,11H2,(H,25,31)/t15-,16-/m1/s1. The molecule has 5 rings (SSSR count). The lowest BCUT2D eigenvalue weighted by Crippen LogP contribution is -2.57. The number of alkyl halides is 3. The molecule has 2 fully saturated rings. The third-order valence-electron chi connectivity index (χ3n) is 6.45. The van der Waals surface area contributed by atoms with Crippen molar-refractivity contribution in [3.8, 4) is 11.4 Å². The van der Waals surface area contributed by atoms with E-state index in [4.69, 9.17) is 0 Å². The number of carbonyl (C=O) groups is 2. The van der Waals surface area contributed by atoms with Gasteiger partial charge in [0.1, 0.15) is 0 Å².